The van der Waals surface area contributed by atoms with Crippen LogP contribution in [0.1, 0.15) is 11.1 Å². The number of fused-ring (bicyclic) bond motifs is 1. The fourth-order valence-corrected chi connectivity index (χ4v) is 4.12. The molecule has 1 N–H and O–H groups in total. The van der Waals surface area contributed by atoms with Crippen molar-refractivity contribution in [3.63, 3.8) is 0 Å². The maximum atomic E-state index is 12.0. The van der Waals surface area contributed by atoms with Gasteiger partial charge in [0.2, 0.25) is 0 Å². The van der Waals surface area contributed by atoms with Crippen molar-refractivity contribution in [1.29, 1.82) is 0 Å². The van der Waals surface area contributed by atoms with Crippen molar-refractivity contribution < 1.29 is 4.79 Å². The van der Waals surface area contributed by atoms with Crippen LogP contribution in [0.25, 0.3) is 17.0 Å². The summed E-state index contributed by atoms with van der Waals surface area (Å²) in [4.78, 5) is 12.6. The summed E-state index contributed by atoms with van der Waals surface area (Å²) in [6, 6.07) is 16.0. The zero-order chi connectivity index (χ0) is 17.4. The molecule has 4 rings (SSSR count). The van der Waals surface area contributed by atoms with Crippen molar-refractivity contribution >= 4 is 62.8 Å². The highest BCUT2D eigenvalue weighted by molar-refractivity contribution is 8.26. The number of nitrogens with one attached hydrogen (secondary N) is 1. The van der Waals surface area contributed by atoms with Gasteiger partial charge in [-0.15, -0.1) is 0 Å². The topological polar surface area (TPSA) is 34.0 Å². The molecule has 6 heteroatoms. The summed E-state index contributed by atoms with van der Waals surface area (Å²) in [5, 5.41) is 4.49. The number of halogens is 1. The van der Waals surface area contributed by atoms with Crippen molar-refractivity contribution in [2.75, 3.05) is 0 Å². The number of aromatic nitrogens is 1. The number of rotatable bonds is 3. The van der Waals surface area contributed by atoms with Gasteiger partial charge in [-0.05, 0) is 23.8 Å². The second-order valence-electron chi connectivity index (χ2n) is 5.67. The molecule has 25 heavy (non-hydrogen) atoms. The monoisotopic (exact) mass is 384 g/mol. The number of thiocarbonyl (C=S) groups is 1. The van der Waals surface area contributed by atoms with Gasteiger partial charge < -0.3 is 9.88 Å². The van der Waals surface area contributed by atoms with Gasteiger partial charge in [-0.1, -0.05) is 72.0 Å². The zero-order valence-corrected chi connectivity index (χ0v) is 15.4. The minimum absolute atomic E-state index is 0.141. The molecule has 1 fully saturated rings. The van der Waals surface area contributed by atoms with Crippen molar-refractivity contribution in [2.24, 2.45) is 0 Å². The molecule has 0 aliphatic carbocycles. The molecule has 1 aliphatic rings. The Morgan fingerprint density at radius 1 is 1.16 bits per heavy atom. The van der Waals surface area contributed by atoms with E-state index in [1.165, 1.54) is 11.8 Å². The van der Waals surface area contributed by atoms with Crippen molar-refractivity contribution in [1.82, 2.24) is 9.88 Å². The van der Waals surface area contributed by atoms with E-state index in [4.69, 9.17) is 23.8 Å². The fraction of sp³-hybridized carbons (Fsp3) is 0.0526. The van der Waals surface area contributed by atoms with E-state index in [1.54, 1.807) is 0 Å². The lowest BCUT2D eigenvalue weighted by molar-refractivity contribution is -0.115. The molecule has 1 amide bonds. The number of hydrogen-bond acceptors (Lipinski definition) is 3. The largest absolute Gasteiger partial charge is 0.342 e. The van der Waals surface area contributed by atoms with E-state index < -0.39 is 0 Å². The van der Waals surface area contributed by atoms with E-state index in [0.717, 1.165) is 27.1 Å². The van der Waals surface area contributed by atoms with Crippen molar-refractivity contribution in [3.8, 4) is 0 Å². The number of benzene rings is 2. The Labute approximate surface area is 159 Å². The third-order valence-electron chi connectivity index (χ3n) is 4.05. The van der Waals surface area contributed by atoms with Crippen LogP contribution in [-0.4, -0.2) is 14.8 Å². The highest BCUT2D eigenvalue weighted by Crippen LogP contribution is 2.30. The molecule has 0 radical (unpaired) electrons. The highest BCUT2D eigenvalue weighted by atomic mass is 35.5. The van der Waals surface area contributed by atoms with Gasteiger partial charge >= 0.3 is 0 Å². The SMILES string of the molecule is O=C1NC(=S)S/C1=C/c1cn(Cc2ccccc2Cl)c2ccccc12. The van der Waals surface area contributed by atoms with Gasteiger partial charge in [0.15, 0.2) is 0 Å². The summed E-state index contributed by atoms with van der Waals surface area (Å²) in [5.41, 5.74) is 3.14. The average Bonchev–Trinajstić information content (AvgIpc) is 3.10. The molecular formula is C19H13ClN2OS2. The maximum Gasteiger partial charge on any atom is 0.263 e. The standard InChI is InChI=1S/C19H13ClN2OS2/c20-15-7-3-1-5-12(15)10-22-11-13(14-6-2-4-8-16(14)22)9-17-18(23)21-19(24)25-17/h1-9,11H,10H2,(H,21,23,24)/b17-9+. The molecule has 3 aromatic rings. The Kier molecular flexibility index (Phi) is 4.37. The van der Waals surface area contributed by atoms with Crippen LogP contribution in [0.15, 0.2) is 59.6 Å². The number of para-hydroxylation sites is 1. The average molecular weight is 385 g/mol. The Morgan fingerprint density at radius 3 is 2.68 bits per heavy atom. The minimum atomic E-state index is -0.141. The number of carbonyl (C=O) groups excluding carboxylic acids is 1. The number of thioether (sulfide) groups is 1. The molecule has 1 aromatic heterocycles. The maximum absolute atomic E-state index is 12.0. The number of amides is 1. The second-order valence-corrected chi connectivity index (χ2v) is 7.80. The Morgan fingerprint density at radius 2 is 1.92 bits per heavy atom. The van der Waals surface area contributed by atoms with E-state index >= 15 is 0 Å². The summed E-state index contributed by atoms with van der Waals surface area (Å²) in [6.45, 7) is 0.668. The summed E-state index contributed by atoms with van der Waals surface area (Å²) in [6.07, 6.45) is 3.95. The molecule has 0 bridgehead atoms. The third kappa shape index (κ3) is 3.23. The van der Waals surface area contributed by atoms with E-state index in [1.807, 2.05) is 42.5 Å². The summed E-state index contributed by atoms with van der Waals surface area (Å²) in [5.74, 6) is -0.141. The van der Waals surface area contributed by atoms with E-state index in [9.17, 15) is 4.79 Å². The predicted molar refractivity (Wildman–Crippen MR) is 109 cm³/mol. The van der Waals surface area contributed by atoms with Gasteiger partial charge in [0, 0.05) is 34.2 Å². The first kappa shape index (κ1) is 16.4. The molecule has 2 heterocycles. The lowest BCUT2D eigenvalue weighted by atomic mass is 10.1. The van der Waals surface area contributed by atoms with Gasteiger partial charge in [-0.3, -0.25) is 4.79 Å². The van der Waals surface area contributed by atoms with E-state index in [-0.39, 0.29) is 5.91 Å². The summed E-state index contributed by atoms with van der Waals surface area (Å²) in [7, 11) is 0. The second kappa shape index (κ2) is 6.67. The van der Waals surface area contributed by atoms with E-state index in [0.29, 0.717) is 15.8 Å². The quantitative estimate of drug-likeness (QED) is 0.518. The van der Waals surface area contributed by atoms with E-state index in [2.05, 4.69) is 28.2 Å². The van der Waals surface area contributed by atoms with Crippen LogP contribution in [0.4, 0.5) is 0 Å². The lowest BCUT2D eigenvalue weighted by Gasteiger charge is -2.07. The molecule has 2 aromatic carbocycles. The molecule has 0 spiro atoms. The molecule has 1 aliphatic heterocycles. The molecule has 1 saturated heterocycles. The normalized spacial score (nSPS) is 16.0. The van der Waals surface area contributed by atoms with Gasteiger partial charge in [0.25, 0.3) is 5.91 Å². The van der Waals surface area contributed by atoms with Gasteiger partial charge in [-0.2, -0.15) is 0 Å². The summed E-state index contributed by atoms with van der Waals surface area (Å²) >= 11 is 12.7. The smallest absolute Gasteiger partial charge is 0.263 e. The van der Waals surface area contributed by atoms with Crippen LogP contribution in [0, 0.1) is 0 Å². The van der Waals surface area contributed by atoms with Gasteiger partial charge in [-0.25, -0.2) is 0 Å². The van der Waals surface area contributed by atoms with Crippen LogP contribution in [-0.2, 0) is 11.3 Å². The zero-order valence-electron chi connectivity index (χ0n) is 13.0. The first-order valence-corrected chi connectivity index (χ1v) is 9.28. The predicted octanol–water partition coefficient (Wildman–Crippen LogP) is 4.83. The van der Waals surface area contributed by atoms with Crippen LogP contribution in [0.3, 0.4) is 0 Å². The Hall–Kier alpha value is -2.08. The minimum Gasteiger partial charge on any atom is -0.342 e. The van der Waals surface area contributed by atoms with Crippen LogP contribution in [0.2, 0.25) is 5.02 Å². The molecule has 124 valence electrons. The molecule has 0 saturated carbocycles. The number of hydrogen-bond donors (Lipinski definition) is 1. The molecule has 0 unspecified atom stereocenters. The van der Waals surface area contributed by atoms with Crippen LogP contribution < -0.4 is 5.32 Å². The summed E-state index contributed by atoms with van der Waals surface area (Å²) < 4.78 is 2.65. The fourth-order valence-electron chi connectivity index (χ4n) is 2.89. The van der Waals surface area contributed by atoms with Gasteiger partial charge in [0.05, 0.1) is 4.91 Å². The first-order chi connectivity index (χ1) is 12.1. The Bertz CT molecular complexity index is 1040. The van der Waals surface area contributed by atoms with Gasteiger partial charge in [0.1, 0.15) is 4.32 Å². The van der Waals surface area contributed by atoms with Crippen LogP contribution in [0.5, 0.6) is 0 Å². The highest BCUT2D eigenvalue weighted by Gasteiger charge is 2.22. The third-order valence-corrected chi connectivity index (χ3v) is 5.58. The lowest BCUT2D eigenvalue weighted by Crippen LogP contribution is -2.17. The molecule has 0 atom stereocenters. The number of carbonyl (C=O) groups is 1. The van der Waals surface area contributed by atoms with Crippen molar-refractivity contribution in [3.05, 3.63) is 75.8 Å². The number of nitrogens with zero attached hydrogens (tertiary/aromatic N) is 1. The van der Waals surface area contributed by atoms with Crippen LogP contribution >= 0.6 is 35.6 Å². The molecule has 3 nitrogen and oxygen atoms in total. The Balaban J connectivity index is 1.79. The molecular weight excluding hydrogens is 372 g/mol. The first-order valence-electron chi connectivity index (χ1n) is 7.68. The van der Waals surface area contributed by atoms with Crippen molar-refractivity contribution in [2.45, 2.75) is 6.54 Å².